The van der Waals surface area contributed by atoms with E-state index in [1.807, 2.05) is 72.5 Å². The van der Waals surface area contributed by atoms with E-state index < -0.39 is 0 Å². The molecule has 0 N–H and O–H groups in total. The molecule has 0 saturated heterocycles. The fourth-order valence-corrected chi connectivity index (χ4v) is 3.13. The first-order valence-electron chi connectivity index (χ1n) is 9.03. The van der Waals surface area contributed by atoms with Gasteiger partial charge in [-0.25, -0.2) is 4.39 Å². The van der Waals surface area contributed by atoms with Crippen LogP contribution in [0.25, 0.3) is 6.08 Å². The van der Waals surface area contributed by atoms with Crippen molar-refractivity contribution in [1.82, 2.24) is 4.90 Å². The molecule has 0 aliphatic carbocycles. The van der Waals surface area contributed by atoms with Gasteiger partial charge in [-0.2, -0.15) is 0 Å². The van der Waals surface area contributed by atoms with Crippen LogP contribution in [0.3, 0.4) is 0 Å². The molecule has 0 heterocycles. The second-order valence-electron chi connectivity index (χ2n) is 6.23. The van der Waals surface area contributed by atoms with E-state index in [2.05, 4.69) is 0 Å². The summed E-state index contributed by atoms with van der Waals surface area (Å²) < 4.78 is 13.1. The standard InChI is InChI=1S/C24H22FNO/c1-2-26(23(27)18-15-19-13-16-22(25)17-14-19)24(20-9-5-3-6-10-20)21-11-7-4-8-12-21/h3-18,24H,2H2,1H3/b18-15+. The van der Waals surface area contributed by atoms with Gasteiger partial charge in [0.05, 0.1) is 6.04 Å². The van der Waals surface area contributed by atoms with Gasteiger partial charge in [0.1, 0.15) is 5.82 Å². The Morgan fingerprint density at radius 1 is 0.889 bits per heavy atom. The smallest absolute Gasteiger partial charge is 0.247 e. The van der Waals surface area contributed by atoms with Crippen LogP contribution < -0.4 is 0 Å². The van der Waals surface area contributed by atoms with Crippen molar-refractivity contribution in [3.8, 4) is 0 Å². The summed E-state index contributed by atoms with van der Waals surface area (Å²) in [5, 5.41) is 0. The quantitative estimate of drug-likeness (QED) is 0.534. The van der Waals surface area contributed by atoms with Crippen molar-refractivity contribution < 1.29 is 9.18 Å². The highest BCUT2D eigenvalue weighted by Gasteiger charge is 2.23. The number of rotatable bonds is 6. The Hall–Kier alpha value is -3.20. The zero-order valence-electron chi connectivity index (χ0n) is 15.3. The number of carbonyl (C=O) groups is 1. The minimum absolute atomic E-state index is 0.0838. The Labute approximate surface area is 159 Å². The monoisotopic (exact) mass is 359 g/mol. The summed E-state index contributed by atoms with van der Waals surface area (Å²) in [6.07, 6.45) is 3.27. The zero-order chi connectivity index (χ0) is 19.1. The number of amides is 1. The van der Waals surface area contributed by atoms with Crippen molar-refractivity contribution in [2.75, 3.05) is 6.54 Å². The van der Waals surface area contributed by atoms with Crippen LogP contribution in [-0.4, -0.2) is 17.4 Å². The minimum atomic E-state index is -0.290. The molecule has 3 heteroatoms. The molecule has 1 amide bonds. The van der Waals surface area contributed by atoms with Crippen molar-refractivity contribution in [2.45, 2.75) is 13.0 Å². The summed E-state index contributed by atoms with van der Waals surface area (Å²) in [5.74, 6) is -0.374. The van der Waals surface area contributed by atoms with Crippen LogP contribution in [0.15, 0.2) is 91.0 Å². The highest BCUT2D eigenvalue weighted by Crippen LogP contribution is 2.28. The lowest BCUT2D eigenvalue weighted by Crippen LogP contribution is -2.34. The van der Waals surface area contributed by atoms with Crippen molar-refractivity contribution in [2.24, 2.45) is 0 Å². The van der Waals surface area contributed by atoms with E-state index in [1.165, 1.54) is 12.1 Å². The van der Waals surface area contributed by atoms with Crippen LogP contribution in [0.4, 0.5) is 4.39 Å². The maximum absolute atomic E-state index is 13.1. The Morgan fingerprint density at radius 3 is 1.89 bits per heavy atom. The van der Waals surface area contributed by atoms with E-state index >= 15 is 0 Å². The summed E-state index contributed by atoms with van der Waals surface area (Å²) in [4.78, 5) is 14.8. The predicted octanol–water partition coefficient (Wildman–Crippen LogP) is 5.48. The molecule has 0 aromatic heterocycles. The molecule has 0 aliphatic rings. The summed E-state index contributed by atoms with van der Waals surface area (Å²) >= 11 is 0. The van der Waals surface area contributed by atoms with Crippen molar-refractivity contribution in [3.05, 3.63) is 114 Å². The van der Waals surface area contributed by atoms with Crippen molar-refractivity contribution in [1.29, 1.82) is 0 Å². The zero-order valence-corrected chi connectivity index (χ0v) is 15.3. The first-order chi connectivity index (χ1) is 13.2. The van der Waals surface area contributed by atoms with E-state index in [0.717, 1.165) is 16.7 Å². The van der Waals surface area contributed by atoms with Gasteiger partial charge in [0.15, 0.2) is 0 Å². The highest BCUT2D eigenvalue weighted by atomic mass is 19.1. The third kappa shape index (κ3) is 4.70. The number of benzene rings is 3. The lowest BCUT2D eigenvalue weighted by Gasteiger charge is -2.31. The van der Waals surface area contributed by atoms with E-state index in [0.29, 0.717) is 6.54 Å². The summed E-state index contributed by atoms with van der Waals surface area (Å²) in [7, 11) is 0. The topological polar surface area (TPSA) is 20.3 Å². The molecule has 0 atom stereocenters. The fraction of sp³-hybridized carbons (Fsp3) is 0.125. The van der Waals surface area contributed by atoms with Gasteiger partial charge in [-0.1, -0.05) is 72.8 Å². The Kier molecular flexibility index (Phi) is 6.16. The molecule has 0 unspecified atom stereocenters. The average Bonchev–Trinajstić information content (AvgIpc) is 2.72. The molecule has 0 radical (unpaired) electrons. The van der Waals surface area contributed by atoms with E-state index in [9.17, 15) is 9.18 Å². The van der Waals surface area contributed by atoms with Gasteiger partial charge in [-0.3, -0.25) is 4.79 Å². The van der Waals surface area contributed by atoms with Crippen molar-refractivity contribution in [3.63, 3.8) is 0 Å². The fourth-order valence-electron chi connectivity index (χ4n) is 3.13. The van der Waals surface area contributed by atoms with E-state index in [-0.39, 0.29) is 17.8 Å². The van der Waals surface area contributed by atoms with Gasteiger partial charge < -0.3 is 4.90 Å². The van der Waals surface area contributed by atoms with Crippen molar-refractivity contribution >= 4 is 12.0 Å². The van der Waals surface area contributed by atoms with Crippen LogP contribution in [-0.2, 0) is 4.79 Å². The molecule has 0 spiro atoms. The van der Waals surface area contributed by atoms with Gasteiger partial charge in [0.25, 0.3) is 0 Å². The van der Waals surface area contributed by atoms with Gasteiger partial charge in [-0.05, 0) is 41.8 Å². The molecule has 27 heavy (non-hydrogen) atoms. The number of carbonyl (C=O) groups excluding carboxylic acids is 1. The highest BCUT2D eigenvalue weighted by molar-refractivity contribution is 5.92. The van der Waals surface area contributed by atoms with Gasteiger partial charge in [0.2, 0.25) is 5.91 Å². The van der Waals surface area contributed by atoms with Crippen LogP contribution in [0.5, 0.6) is 0 Å². The Bertz CT molecular complexity index is 849. The largest absolute Gasteiger partial charge is 0.328 e. The third-order valence-corrected chi connectivity index (χ3v) is 4.45. The van der Waals surface area contributed by atoms with Crippen LogP contribution in [0.1, 0.15) is 29.7 Å². The minimum Gasteiger partial charge on any atom is -0.328 e. The molecule has 3 aromatic carbocycles. The molecule has 3 rings (SSSR count). The molecular formula is C24H22FNO. The number of hydrogen-bond acceptors (Lipinski definition) is 1. The molecule has 3 aromatic rings. The summed E-state index contributed by atoms with van der Waals surface area (Å²) in [6, 6.07) is 26.0. The van der Waals surface area contributed by atoms with Crippen LogP contribution in [0, 0.1) is 5.82 Å². The third-order valence-electron chi connectivity index (χ3n) is 4.45. The first-order valence-corrected chi connectivity index (χ1v) is 9.03. The maximum atomic E-state index is 13.1. The number of nitrogens with zero attached hydrogens (tertiary/aromatic N) is 1. The Balaban J connectivity index is 1.91. The molecule has 136 valence electrons. The van der Waals surface area contributed by atoms with Crippen LogP contribution >= 0.6 is 0 Å². The average molecular weight is 359 g/mol. The number of likely N-dealkylation sites (N-methyl/N-ethyl adjacent to an activating group) is 1. The molecule has 0 fully saturated rings. The number of halogens is 1. The van der Waals surface area contributed by atoms with Gasteiger partial charge >= 0.3 is 0 Å². The summed E-state index contributed by atoms with van der Waals surface area (Å²) in [5.41, 5.74) is 2.92. The van der Waals surface area contributed by atoms with E-state index in [1.54, 1.807) is 24.3 Å². The second-order valence-corrected chi connectivity index (χ2v) is 6.23. The number of hydrogen-bond donors (Lipinski definition) is 0. The molecule has 0 aliphatic heterocycles. The first kappa shape index (κ1) is 18.6. The molecule has 2 nitrogen and oxygen atoms in total. The summed E-state index contributed by atoms with van der Waals surface area (Å²) in [6.45, 7) is 2.55. The predicted molar refractivity (Wildman–Crippen MR) is 108 cm³/mol. The lowest BCUT2D eigenvalue weighted by molar-refractivity contribution is -0.127. The molecule has 0 saturated carbocycles. The maximum Gasteiger partial charge on any atom is 0.247 e. The lowest BCUT2D eigenvalue weighted by atomic mass is 9.97. The second kappa shape index (κ2) is 8.95. The van der Waals surface area contributed by atoms with E-state index in [4.69, 9.17) is 0 Å². The van der Waals surface area contributed by atoms with Gasteiger partial charge in [0, 0.05) is 12.6 Å². The normalized spacial score (nSPS) is 11.1. The van der Waals surface area contributed by atoms with Gasteiger partial charge in [-0.15, -0.1) is 0 Å². The molecular weight excluding hydrogens is 337 g/mol. The molecule has 0 bridgehead atoms. The SMILES string of the molecule is CCN(C(=O)/C=C/c1ccc(F)cc1)C(c1ccccc1)c1ccccc1. The Morgan fingerprint density at radius 2 is 1.41 bits per heavy atom. The van der Waals surface area contributed by atoms with Crippen LogP contribution in [0.2, 0.25) is 0 Å².